The minimum Gasteiger partial charge on any atom is -0.494 e. The minimum absolute atomic E-state index is 0.00961. The molecule has 0 fully saturated rings. The number of sulfonamides is 1. The Bertz CT molecular complexity index is 855. The average Bonchev–Trinajstić information content (AvgIpc) is 2.57. The lowest BCUT2D eigenvalue weighted by Crippen LogP contribution is -2.26. The predicted octanol–water partition coefficient (Wildman–Crippen LogP) is 2.79. The molecule has 2 rings (SSSR count). The Morgan fingerprint density at radius 3 is 2.62 bits per heavy atom. The lowest BCUT2D eigenvalue weighted by Gasteiger charge is -2.10. The molecule has 0 unspecified atom stereocenters. The molecule has 2 aromatic carbocycles. The van der Waals surface area contributed by atoms with Crippen molar-refractivity contribution in [2.45, 2.75) is 25.2 Å². The summed E-state index contributed by atoms with van der Waals surface area (Å²) in [4.78, 5) is 0.00961. The van der Waals surface area contributed by atoms with Crippen molar-refractivity contribution in [2.75, 3.05) is 13.2 Å². The van der Waals surface area contributed by atoms with Crippen LogP contribution >= 0.6 is 0 Å². The summed E-state index contributed by atoms with van der Waals surface area (Å²) in [5.74, 6) is 0.838. The predicted molar refractivity (Wildman–Crippen MR) is 92.4 cm³/mol. The molecule has 2 aromatic rings. The summed E-state index contributed by atoms with van der Waals surface area (Å²) >= 11 is 0. The molecule has 0 aliphatic rings. The number of hydrogen-bond acceptors (Lipinski definition) is 4. The van der Waals surface area contributed by atoms with Crippen molar-refractivity contribution < 1.29 is 13.2 Å². The fraction of sp³-hybridized carbons (Fsp3) is 0.278. The molecular formula is C18H20N2O3S. The van der Waals surface area contributed by atoms with Crippen LogP contribution in [0.1, 0.15) is 23.6 Å². The molecule has 0 saturated heterocycles. The Hall–Kier alpha value is -2.36. The number of nitriles is 1. The maximum Gasteiger partial charge on any atom is 0.241 e. The Morgan fingerprint density at radius 2 is 1.96 bits per heavy atom. The third-order valence-electron chi connectivity index (χ3n) is 3.54. The molecule has 0 heterocycles. The van der Waals surface area contributed by atoms with E-state index in [1.165, 1.54) is 12.1 Å². The van der Waals surface area contributed by atoms with Crippen molar-refractivity contribution in [2.24, 2.45) is 0 Å². The van der Waals surface area contributed by atoms with E-state index in [-0.39, 0.29) is 17.0 Å². The Morgan fingerprint density at radius 1 is 1.21 bits per heavy atom. The molecular weight excluding hydrogens is 324 g/mol. The molecule has 0 amide bonds. The zero-order valence-corrected chi connectivity index (χ0v) is 14.6. The van der Waals surface area contributed by atoms with Crippen LogP contribution in [-0.4, -0.2) is 21.6 Å². The van der Waals surface area contributed by atoms with Crippen molar-refractivity contribution in [3.05, 3.63) is 59.2 Å². The quantitative estimate of drug-likeness (QED) is 0.837. The summed E-state index contributed by atoms with van der Waals surface area (Å²) in [7, 11) is -3.70. The molecule has 24 heavy (non-hydrogen) atoms. The van der Waals surface area contributed by atoms with Crippen molar-refractivity contribution in [1.29, 1.82) is 5.26 Å². The minimum atomic E-state index is -3.70. The number of rotatable bonds is 7. The molecule has 5 nitrogen and oxygen atoms in total. The van der Waals surface area contributed by atoms with Gasteiger partial charge in [0, 0.05) is 6.54 Å². The summed E-state index contributed by atoms with van der Waals surface area (Å²) in [6, 6.07) is 13.9. The first-order valence-electron chi connectivity index (χ1n) is 7.69. The Kier molecular flexibility index (Phi) is 5.96. The maximum atomic E-state index is 12.3. The van der Waals surface area contributed by atoms with Crippen molar-refractivity contribution in [3.8, 4) is 11.8 Å². The first-order valence-corrected chi connectivity index (χ1v) is 9.17. The van der Waals surface area contributed by atoms with Crippen LogP contribution in [0.25, 0.3) is 0 Å². The molecule has 0 aromatic heterocycles. The van der Waals surface area contributed by atoms with Crippen LogP contribution in [0.4, 0.5) is 0 Å². The van der Waals surface area contributed by atoms with E-state index in [4.69, 9.17) is 10.00 Å². The molecule has 0 bridgehead atoms. The van der Waals surface area contributed by atoms with Crippen LogP contribution in [0.15, 0.2) is 47.4 Å². The summed E-state index contributed by atoms with van der Waals surface area (Å²) in [6.07, 6.45) is 0.557. The zero-order valence-electron chi connectivity index (χ0n) is 13.7. The third kappa shape index (κ3) is 4.34. The topological polar surface area (TPSA) is 79.2 Å². The lowest BCUT2D eigenvalue weighted by molar-refractivity contribution is 0.338. The van der Waals surface area contributed by atoms with Crippen molar-refractivity contribution in [1.82, 2.24) is 4.72 Å². The highest BCUT2D eigenvalue weighted by Gasteiger charge is 2.17. The van der Waals surface area contributed by atoms with Gasteiger partial charge in [-0.05, 0) is 49.6 Å². The lowest BCUT2D eigenvalue weighted by atomic mass is 10.1. The number of ether oxygens (including phenoxy) is 1. The summed E-state index contributed by atoms with van der Waals surface area (Å²) in [6.45, 7) is 4.76. The second-order valence-corrected chi connectivity index (χ2v) is 7.02. The highest BCUT2D eigenvalue weighted by atomic mass is 32.2. The highest BCUT2D eigenvalue weighted by molar-refractivity contribution is 7.89. The van der Waals surface area contributed by atoms with Gasteiger partial charge < -0.3 is 4.74 Å². The van der Waals surface area contributed by atoms with Crippen LogP contribution in [0, 0.1) is 18.3 Å². The van der Waals surface area contributed by atoms with E-state index in [1.54, 1.807) is 12.1 Å². The molecule has 0 saturated carbocycles. The van der Waals surface area contributed by atoms with Gasteiger partial charge >= 0.3 is 0 Å². The van der Waals surface area contributed by atoms with Gasteiger partial charge in [-0.15, -0.1) is 0 Å². The van der Waals surface area contributed by atoms with Crippen molar-refractivity contribution >= 4 is 10.0 Å². The Labute approximate surface area is 142 Å². The monoisotopic (exact) mass is 344 g/mol. The number of benzene rings is 2. The normalized spacial score (nSPS) is 11.0. The fourth-order valence-corrected chi connectivity index (χ4v) is 3.57. The third-order valence-corrected chi connectivity index (χ3v) is 5.06. The van der Waals surface area contributed by atoms with Gasteiger partial charge in [0.25, 0.3) is 0 Å². The number of nitrogens with zero attached hydrogens (tertiary/aromatic N) is 1. The van der Waals surface area contributed by atoms with Crippen LogP contribution in [0.3, 0.4) is 0 Å². The molecule has 126 valence electrons. The number of nitrogens with one attached hydrogen (secondary N) is 1. The standard InChI is InChI=1S/C18H20N2O3S/c1-3-23-17-9-8-15(12-14(17)2)10-11-20-24(21,22)18-7-5-4-6-16(18)13-19/h4-9,12,20H,3,10-11H2,1-2H3. The number of hydrogen-bond donors (Lipinski definition) is 1. The SMILES string of the molecule is CCOc1ccc(CCNS(=O)(=O)c2ccccc2C#N)cc1C. The van der Waals surface area contributed by atoms with Gasteiger partial charge in [-0.2, -0.15) is 5.26 Å². The van der Waals surface area contributed by atoms with Gasteiger partial charge in [0.1, 0.15) is 11.8 Å². The first-order chi connectivity index (χ1) is 11.5. The average molecular weight is 344 g/mol. The van der Waals surface area contributed by atoms with Crippen LogP contribution in [-0.2, 0) is 16.4 Å². The second kappa shape index (κ2) is 7.95. The van der Waals surface area contributed by atoms with Crippen LogP contribution in [0.5, 0.6) is 5.75 Å². The summed E-state index contributed by atoms with van der Waals surface area (Å²) < 4.78 is 32.7. The van der Waals surface area contributed by atoms with Crippen LogP contribution in [0.2, 0.25) is 0 Å². The van der Waals surface area contributed by atoms with E-state index < -0.39 is 10.0 Å². The smallest absolute Gasteiger partial charge is 0.241 e. The molecule has 6 heteroatoms. The molecule has 0 aliphatic heterocycles. The zero-order chi connectivity index (χ0) is 17.6. The molecule has 0 radical (unpaired) electrons. The van der Waals surface area contributed by atoms with E-state index in [0.717, 1.165) is 16.9 Å². The largest absolute Gasteiger partial charge is 0.494 e. The summed E-state index contributed by atoms with van der Waals surface area (Å²) in [5, 5.41) is 9.03. The fourth-order valence-electron chi connectivity index (χ4n) is 2.39. The molecule has 1 N–H and O–H groups in total. The van der Waals surface area contributed by atoms with Gasteiger partial charge in [0.2, 0.25) is 10.0 Å². The van der Waals surface area contributed by atoms with E-state index in [9.17, 15) is 8.42 Å². The van der Waals surface area contributed by atoms with Gasteiger partial charge in [0.15, 0.2) is 0 Å². The molecule has 0 atom stereocenters. The Balaban J connectivity index is 2.03. The second-order valence-electron chi connectivity index (χ2n) is 5.29. The van der Waals surface area contributed by atoms with E-state index in [2.05, 4.69) is 4.72 Å². The van der Waals surface area contributed by atoms with Gasteiger partial charge in [-0.25, -0.2) is 13.1 Å². The van der Waals surface area contributed by atoms with Gasteiger partial charge in [-0.1, -0.05) is 24.3 Å². The van der Waals surface area contributed by atoms with Crippen molar-refractivity contribution in [3.63, 3.8) is 0 Å². The maximum absolute atomic E-state index is 12.3. The van der Waals surface area contributed by atoms with Gasteiger partial charge in [0.05, 0.1) is 17.1 Å². The van der Waals surface area contributed by atoms with Crippen LogP contribution < -0.4 is 9.46 Å². The van der Waals surface area contributed by atoms with Gasteiger partial charge in [-0.3, -0.25) is 0 Å². The summed E-state index contributed by atoms with van der Waals surface area (Å²) in [5.41, 5.74) is 2.18. The highest BCUT2D eigenvalue weighted by Crippen LogP contribution is 2.19. The first kappa shape index (κ1) is 18.0. The number of aryl methyl sites for hydroxylation is 1. The molecule has 0 aliphatic carbocycles. The van der Waals surface area contributed by atoms with E-state index in [1.807, 2.05) is 38.1 Å². The van der Waals surface area contributed by atoms with E-state index >= 15 is 0 Å². The molecule has 0 spiro atoms. The van der Waals surface area contributed by atoms with E-state index in [0.29, 0.717) is 13.0 Å².